The van der Waals surface area contributed by atoms with Gasteiger partial charge in [0, 0.05) is 34.3 Å². The van der Waals surface area contributed by atoms with E-state index >= 15 is 0 Å². The number of fused-ring (bicyclic) bond motifs is 1. The van der Waals surface area contributed by atoms with Crippen molar-refractivity contribution >= 4 is 28.7 Å². The molecule has 1 atom stereocenters. The molecular weight excluding hydrogens is 342 g/mol. The Morgan fingerprint density at radius 3 is 2.67 bits per heavy atom. The van der Waals surface area contributed by atoms with Gasteiger partial charge in [-0.2, -0.15) is 0 Å². The number of benzene rings is 2. The summed E-state index contributed by atoms with van der Waals surface area (Å²) in [5, 5.41) is 0.812. The molecule has 0 unspecified atom stereocenters. The molecular formula is C22H21NO4. The zero-order chi connectivity index (χ0) is 19.2. The van der Waals surface area contributed by atoms with Crippen LogP contribution in [0.15, 0.2) is 60.8 Å². The minimum Gasteiger partial charge on any atom is -0.493 e. The molecule has 3 aromatic rings. The van der Waals surface area contributed by atoms with Crippen molar-refractivity contribution in [3.05, 3.63) is 71.9 Å². The van der Waals surface area contributed by atoms with Crippen LogP contribution in [0.1, 0.15) is 29.8 Å². The largest absolute Gasteiger partial charge is 0.493 e. The normalized spacial score (nSPS) is 12.2. The average molecular weight is 363 g/mol. The van der Waals surface area contributed by atoms with E-state index in [1.165, 1.54) is 6.08 Å². The van der Waals surface area contributed by atoms with E-state index in [-0.39, 0.29) is 5.78 Å². The van der Waals surface area contributed by atoms with Crippen LogP contribution in [-0.2, 0) is 9.53 Å². The lowest BCUT2D eigenvalue weighted by atomic mass is 10.1. The van der Waals surface area contributed by atoms with Gasteiger partial charge in [0.05, 0.1) is 6.61 Å². The maximum atomic E-state index is 12.6. The maximum absolute atomic E-state index is 12.6. The second kappa shape index (κ2) is 8.36. The van der Waals surface area contributed by atoms with Crippen LogP contribution in [0, 0.1) is 0 Å². The second-order valence-electron chi connectivity index (χ2n) is 6.00. The van der Waals surface area contributed by atoms with Crippen molar-refractivity contribution in [3.63, 3.8) is 0 Å². The molecule has 3 rings (SSSR count). The number of ketones is 1. The summed E-state index contributed by atoms with van der Waals surface area (Å²) in [7, 11) is 0. The van der Waals surface area contributed by atoms with Crippen LogP contribution in [0.2, 0.25) is 0 Å². The van der Waals surface area contributed by atoms with E-state index in [1.54, 1.807) is 19.2 Å². The first-order valence-corrected chi connectivity index (χ1v) is 8.81. The average Bonchev–Trinajstić information content (AvgIpc) is 3.11. The number of ether oxygens (including phenoxy) is 2. The maximum Gasteiger partial charge on any atom is 0.331 e. The number of hydrogen-bond donors (Lipinski definition) is 1. The Bertz CT molecular complexity index is 987. The fourth-order valence-electron chi connectivity index (χ4n) is 2.82. The number of nitrogens with one attached hydrogen (secondary N) is 1. The van der Waals surface area contributed by atoms with Gasteiger partial charge in [-0.3, -0.25) is 4.79 Å². The quantitative estimate of drug-likeness (QED) is 0.384. The summed E-state index contributed by atoms with van der Waals surface area (Å²) >= 11 is 0. The number of aromatic nitrogens is 1. The molecule has 0 aliphatic rings. The van der Waals surface area contributed by atoms with E-state index in [0.717, 1.165) is 16.5 Å². The van der Waals surface area contributed by atoms with Crippen LogP contribution in [0.25, 0.3) is 17.0 Å². The third kappa shape index (κ3) is 4.26. The molecule has 1 N–H and O–H groups in total. The zero-order valence-corrected chi connectivity index (χ0v) is 15.3. The van der Waals surface area contributed by atoms with Crippen molar-refractivity contribution in [2.45, 2.75) is 20.0 Å². The molecule has 2 aromatic carbocycles. The Labute approximate surface area is 157 Å². The molecule has 27 heavy (non-hydrogen) atoms. The van der Waals surface area contributed by atoms with Gasteiger partial charge in [0.2, 0.25) is 5.78 Å². The highest BCUT2D eigenvalue weighted by molar-refractivity contribution is 6.10. The Balaban J connectivity index is 1.68. The van der Waals surface area contributed by atoms with Crippen molar-refractivity contribution in [1.29, 1.82) is 0 Å². The van der Waals surface area contributed by atoms with Crippen LogP contribution in [0.3, 0.4) is 0 Å². The molecule has 1 aromatic heterocycles. The predicted octanol–water partition coefficient (Wildman–Crippen LogP) is 4.39. The van der Waals surface area contributed by atoms with Gasteiger partial charge >= 0.3 is 5.97 Å². The molecule has 0 bridgehead atoms. The summed E-state index contributed by atoms with van der Waals surface area (Å²) in [6.07, 6.45) is 3.68. The number of H-pyrrole nitrogens is 1. The topological polar surface area (TPSA) is 68.4 Å². The van der Waals surface area contributed by atoms with Crippen LogP contribution in [-0.4, -0.2) is 29.4 Å². The Kier molecular flexibility index (Phi) is 5.71. The number of carbonyl (C=O) groups excluding carboxylic acids is 2. The minimum absolute atomic E-state index is 0.246. The molecule has 0 spiro atoms. The summed E-state index contributed by atoms with van der Waals surface area (Å²) in [4.78, 5) is 27.8. The summed E-state index contributed by atoms with van der Waals surface area (Å²) < 4.78 is 10.8. The second-order valence-corrected chi connectivity index (χ2v) is 6.00. The van der Waals surface area contributed by atoms with Gasteiger partial charge in [-0.05, 0) is 32.1 Å². The molecule has 0 aliphatic carbocycles. The van der Waals surface area contributed by atoms with E-state index in [4.69, 9.17) is 9.47 Å². The minimum atomic E-state index is -0.886. The molecule has 138 valence electrons. The zero-order valence-electron chi connectivity index (χ0n) is 15.3. The number of Topliss-reactive ketones (excluding diaryl/α,β-unsaturated/α-hetero) is 1. The van der Waals surface area contributed by atoms with E-state index in [2.05, 4.69) is 4.98 Å². The number of rotatable bonds is 7. The third-order valence-electron chi connectivity index (χ3n) is 4.13. The Morgan fingerprint density at radius 1 is 1.11 bits per heavy atom. The first kappa shape index (κ1) is 18.5. The smallest absolute Gasteiger partial charge is 0.331 e. The molecule has 0 amide bonds. The molecule has 0 radical (unpaired) electrons. The monoisotopic (exact) mass is 363 g/mol. The van der Waals surface area contributed by atoms with Gasteiger partial charge in [-0.15, -0.1) is 0 Å². The van der Waals surface area contributed by atoms with Gasteiger partial charge in [0.15, 0.2) is 6.10 Å². The van der Waals surface area contributed by atoms with Crippen LogP contribution in [0.5, 0.6) is 5.75 Å². The number of hydrogen-bond acceptors (Lipinski definition) is 4. The van der Waals surface area contributed by atoms with E-state index < -0.39 is 12.1 Å². The summed E-state index contributed by atoms with van der Waals surface area (Å²) in [6.45, 7) is 4.00. The lowest BCUT2D eigenvalue weighted by Crippen LogP contribution is -2.23. The van der Waals surface area contributed by atoms with Crippen molar-refractivity contribution in [2.24, 2.45) is 0 Å². The lowest BCUT2D eigenvalue weighted by molar-refractivity contribution is -0.140. The number of esters is 1. The fraction of sp³-hybridized carbons (Fsp3) is 0.182. The molecule has 0 aliphatic heterocycles. The highest BCUT2D eigenvalue weighted by Gasteiger charge is 2.21. The van der Waals surface area contributed by atoms with Crippen molar-refractivity contribution in [3.8, 4) is 5.75 Å². The summed E-state index contributed by atoms with van der Waals surface area (Å²) in [6, 6.07) is 14.9. The SMILES string of the molecule is CCOc1ccccc1/C=C/C(=O)O[C@H](C)C(=O)c1c[nH]c2ccccc12. The number of para-hydroxylation sites is 2. The van der Waals surface area contributed by atoms with Crippen LogP contribution in [0.4, 0.5) is 0 Å². The fourth-order valence-corrected chi connectivity index (χ4v) is 2.82. The standard InChI is InChI=1S/C22H21NO4/c1-3-26-20-11-7-4-8-16(20)12-13-21(24)27-15(2)22(25)18-14-23-19-10-6-5-9-17(18)19/h4-15,23H,3H2,1-2H3/b13-12+/t15-/m1/s1. The third-order valence-corrected chi connectivity index (χ3v) is 4.13. The number of carbonyl (C=O) groups is 2. The molecule has 0 saturated carbocycles. The van der Waals surface area contributed by atoms with Gasteiger partial charge < -0.3 is 14.5 Å². The molecule has 0 fully saturated rings. The van der Waals surface area contributed by atoms with Crippen LogP contribution >= 0.6 is 0 Å². The highest BCUT2D eigenvalue weighted by Crippen LogP contribution is 2.21. The first-order chi connectivity index (χ1) is 13.1. The molecule has 1 heterocycles. The van der Waals surface area contributed by atoms with E-state index in [0.29, 0.717) is 17.9 Å². The van der Waals surface area contributed by atoms with Crippen molar-refractivity contribution < 1.29 is 19.1 Å². The van der Waals surface area contributed by atoms with Gasteiger partial charge in [-0.25, -0.2) is 4.79 Å². The van der Waals surface area contributed by atoms with Crippen LogP contribution < -0.4 is 4.74 Å². The lowest BCUT2D eigenvalue weighted by Gasteiger charge is -2.10. The van der Waals surface area contributed by atoms with Crippen molar-refractivity contribution in [1.82, 2.24) is 4.98 Å². The summed E-state index contributed by atoms with van der Waals surface area (Å²) in [5.74, 6) is -0.141. The van der Waals surface area contributed by atoms with E-state index in [1.807, 2.05) is 55.5 Å². The Morgan fingerprint density at radius 2 is 1.85 bits per heavy atom. The summed E-state index contributed by atoms with van der Waals surface area (Å²) in [5.41, 5.74) is 2.15. The van der Waals surface area contributed by atoms with Gasteiger partial charge in [0.25, 0.3) is 0 Å². The highest BCUT2D eigenvalue weighted by atomic mass is 16.5. The predicted molar refractivity (Wildman–Crippen MR) is 105 cm³/mol. The van der Waals surface area contributed by atoms with Gasteiger partial charge in [-0.1, -0.05) is 36.4 Å². The van der Waals surface area contributed by atoms with Gasteiger partial charge in [0.1, 0.15) is 5.75 Å². The molecule has 0 saturated heterocycles. The number of aromatic amines is 1. The molecule has 5 heteroatoms. The van der Waals surface area contributed by atoms with Crippen molar-refractivity contribution in [2.75, 3.05) is 6.61 Å². The molecule has 5 nitrogen and oxygen atoms in total. The first-order valence-electron chi connectivity index (χ1n) is 8.81. The van der Waals surface area contributed by atoms with E-state index in [9.17, 15) is 9.59 Å². The Hall–Kier alpha value is -3.34.